The van der Waals surface area contributed by atoms with E-state index in [1.54, 1.807) is 24.3 Å². The molecule has 0 aliphatic carbocycles. The number of nitrogens with one attached hydrogen (secondary N) is 1. The number of nitrogens with zero attached hydrogens (tertiary/aromatic N) is 2. The number of amides is 4. The smallest absolute Gasteiger partial charge is 0.290 e. The van der Waals surface area contributed by atoms with E-state index in [9.17, 15) is 19.2 Å². The van der Waals surface area contributed by atoms with Crippen LogP contribution in [0.1, 0.15) is 26.3 Å². The van der Waals surface area contributed by atoms with E-state index >= 15 is 0 Å². The lowest BCUT2D eigenvalue weighted by atomic mass is 10.1. The second kappa shape index (κ2) is 7.12. The van der Waals surface area contributed by atoms with E-state index < -0.39 is 22.4 Å². The largest absolute Gasteiger partial charge is 0.365 e. The minimum atomic E-state index is -0.726. The molecular weight excluding hydrogens is 378 g/mol. The zero-order chi connectivity index (χ0) is 19.8. The zero-order valence-electron chi connectivity index (χ0n) is 15.0. The Morgan fingerprint density at radius 1 is 0.857 bits per heavy atom. The van der Waals surface area contributed by atoms with Crippen molar-refractivity contribution in [1.82, 2.24) is 9.80 Å². The Hall–Kier alpha value is -3.13. The summed E-state index contributed by atoms with van der Waals surface area (Å²) in [7, 11) is 0. The van der Waals surface area contributed by atoms with Crippen LogP contribution in [0.5, 0.6) is 0 Å². The molecule has 2 aliphatic heterocycles. The summed E-state index contributed by atoms with van der Waals surface area (Å²) in [5.74, 6) is -1.18. The van der Waals surface area contributed by atoms with E-state index in [0.29, 0.717) is 11.1 Å². The number of hydrogen-bond acceptors (Lipinski definition) is 6. The Morgan fingerprint density at radius 2 is 1.43 bits per heavy atom. The van der Waals surface area contributed by atoms with Crippen molar-refractivity contribution >= 4 is 40.4 Å². The van der Waals surface area contributed by atoms with Crippen LogP contribution in [0.25, 0.3) is 0 Å². The minimum absolute atomic E-state index is 0.0257. The van der Waals surface area contributed by atoms with Crippen molar-refractivity contribution in [2.45, 2.75) is 12.3 Å². The number of carbonyl (C=O) groups excluding carboxylic acids is 4. The average molecular weight is 395 g/mol. The number of imide groups is 2. The molecule has 1 N–H and O–H groups in total. The lowest BCUT2D eigenvalue weighted by Crippen LogP contribution is -2.41. The molecule has 2 aliphatic rings. The Kier molecular flexibility index (Phi) is 4.64. The standard InChI is InChI=1S/C20H17N3O4S/c1-12-6-2-5-9-15(12)21-16-19(26)23(20(27)28-16)11-10-22-17(24)13-7-3-4-8-14(13)18(22)25/h2-9,16,21H,10-11H2,1H3. The van der Waals surface area contributed by atoms with E-state index in [1.165, 1.54) is 0 Å². The van der Waals surface area contributed by atoms with E-state index in [1.807, 2.05) is 31.2 Å². The minimum Gasteiger partial charge on any atom is -0.365 e. The van der Waals surface area contributed by atoms with E-state index in [-0.39, 0.29) is 19.0 Å². The van der Waals surface area contributed by atoms with Crippen LogP contribution in [-0.2, 0) is 4.79 Å². The average Bonchev–Trinajstić information content (AvgIpc) is 3.09. The quantitative estimate of drug-likeness (QED) is 0.784. The van der Waals surface area contributed by atoms with Gasteiger partial charge >= 0.3 is 0 Å². The first-order valence-electron chi connectivity index (χ1n) is 8.77. The van der Waals surface area contributed by atoms with Gasteiger partial charge in [0.25, 0.3) is 23.0 Å². The lowest BCUT2D eigenvalue weighted by Gasteiger charge is -2.19. The van der Waals surface area contributed by atoms with Crippen molar-refractivity contribution in [3.05, 3.63) is 65.2 Å². The van der Waals surface area contributed by atoms with Crippen LogP contribution in [0.2, 0.25) is 0 Å². The molecule has 1 fully saturated rings. The number of fused-ring (bicyclic) bond motifs is 1. The number of para-hydroxylation sites is 1. The summed E-state index contributed by atoms with van der Waals surface area (Å²) < 4.78 is 0. The third-order valence-electron chi connectivity index (χ3n) is 4.79. The Labute approximate surface area is 165 Å². The van der Waals surface area contributed by atoms with Crippen LogP contribution in [0.15, 0.2) is 48.5 Å². The molecule has 0 radical (unpaired) electrons. The summed E-state index contributed by atoms with van der Waals surface area (Å²) in [6.45, 7) is 1.86. The molecule has 1 saturated heterocycles. The summed E-state index contributed by atoms with van der Waals surface area (Å²) in [4.78, 5) is 52.0. The normalized spacial score (nSPS) is 18.8. The van der Waals surface area contributed by atoms with Crippen LogP contribution < -0.4 is 5.32 Å². The van der Waals surface area contributed by atoms with Crippen molar-refractivity contribution in [2.75, 3.05) is 18.4 Å². The van der Waals surface area contributed by atoms with Gasteiger partial charge in [-0.2, -0.15) is 0 Å². The lowest BCUT2D eigenvalue weighted by molar-refractivity contribution is -0.126. The van der Waals surface area contributed by atoms with Gasteiger partial charge in [-0.15, -0.1) is 0 Å². The molecule has 8 heteroatoms. The highest BCUT2D eigenvalue weighted by atomic mass is 32.2. The molecule has 2 aromatic rings. The second-order valence-corrected chi connectivity index (χ2v) is 7.58. The monoisotopic (exact) mass is 395 g/mol. The number of carbonyl (C=O) groups is 4. The fraction of sp³-hybridized carbons (Fsp3) is 0.200. The summed E-state index contributed by atoms with van der Waals surface area (Å²) in [6, 6.07) is 14.1. The number of anilines is 1. The number of hydrogen-bond donors (Lipinski definition) is 1. The van der Waals surface area contributed by atoms with Gasteiger partial charge in [-0.25, -0.2) is 0 Å². The van der Waals surface area contributed by atoms with Gasteiger partial charge < -0.3 is 5.32 Å². The number of thioether (sulfide) groups is 1. The highest BCUT2D eigenvalue weighted by molar-refractivity contribution is 8.15. The van der Waals surface area contributed by atoms with Crippen molar-refractivity contribution in [3.63, 3.8) is 0 Å². The fourth-order valence-electron chi connectivity index (χ4n) is 3.26. The molecule has 1 unspecified atom stereocenters. The van der Waals surface area contributed by atoms with Crippen LogP contribution in [0.3, 0.4) is 0 Å². The molecule has 0 aromatic heterocycles. The Morgan fingerprint density at radius 3 is 2.07 bits per heavy atom. The van der Waals surface area contributed by atoms with Gasteiger partial charge in [0, 0.05) is 18.8 Å². The van der Waals surface area contributed by atoms with Crippen LogP contribution in [0, 0.1) is 6.92 Å². The highest BCUT2D eigenvalue weighted by Crippen LogP contribution is 2.29. The SMILES string of the molecule is Cc1ccccc1NC1SC(=O)N(CCN2C(=O)c3ccccc3C2=O)C1=O. The molecule has 0 saturated carbocycles. The van der Waals surface area contributed by atoms with Gasteiger partial charge in [-0.1, -0.05) is 30.3 Å². The first-order valence-corrected chi connectivity index (χ1v) is 9.64. The number of rotatable bonds is 5. The van der Waals surface area contributed by atoms with Gasteiger partial charge in [0.2, 0.25) is 0 Å². The van der Waals surface area contributed by atoms with Crippen LogP contribution >= 0.6 is 11.8 Å². The zero-order valence-corrected chi connectivity index (χ0v) is 15.9. The van der Waals surface area contributed by atoms with E-state index in [0.717, 1.165) is 32.8 Å². The van der Waals surface area contributed by atoms with Crippen molar-refractivity contribution in [3.8, 4) is 0 Å². The van der Waals surface area contributed by atoms with Crippen LogP contribution in [0.4, 0.5) is 10.5 Å². The highest BCUT2D eigenvalue weighted by Gasteiger charge is 2.41. The molecule has 4 amide bonds. The van der Waals surface area contributed by atoms with Crippen molar-refractivity contribution in [1.29, 1.82) is 0 Å². The summed E-state index contributed by atoms with van der Waals surface area (Å²) in [5, 5.41) is 1.96. The van der Waals surface area contributed by atoms with Crippen molar-refractivity contribution in [2.24, 2.45) is 0 Å². The summed E-state index contributed by atoms with van der Waals surface area (Å²) in [5.41, 5.74) is 2.44. The first kappa shape index (κ1) is 18.2. The number of benzene rings is 2. The van der Waals surface area contributed by atoms with Gasteiger partial charge in [0.15, 0.2) is 5.37 Å². The van der Waals surface area contributed by atoms with Crippen LogP contribution in [-0.4, -0.2) is 51.2 Å². The predicted octanol–water partition coefficient (Wildman–Crippen LogP) is 2.72. The predicted molar refractivity (Wildman–Crippen MR) is 105 cm³/mol. The van der Waals surface area contributed by atoms with Gasteiger partial charge in [-0.3, -0.25) is 29.0 Å². The van der Waals surface area contributed by atoms with Crippen molar-refractivity contribution < 1.29 is 19.2 Å². The van der Waals surface area contributed by atoms with Gasteiger partial charge in [0.05, 0.1) is 11.1 Å². The Balaban J connectivity index is 1.43. The maximum atomic E-state index is 12.7. The maximum absolute atomic E-state index is 12.7. The molecule has 2 aromatic carbocycles. The molecule has 28 heavy (non-hydrogen) atoms. The topological polar surface area (TPSA) is 86.8 Å². The third kappa shape index (κ3) is 3.05. The molecule has 7 nitrogen and oxygen atoms in total. The summed E-state index contributed by atoms with van der Waals surface area (Å²) in [6.07, 6.45) is 0. The Bertz CT molecular complexity index is 971. The van der Waals surface area contributed by atoms with Gasteiger partial charge in [0.1, 0.15) is 0 Å². The molecular formula is C20H17N3O4S. The first-order chi connectivity index (χ1) is 13.5. The molecule has 0 spiro atoms. The van der Waals surface area contributed by atoms with Gasteiger partial charge in [-0.05, 0) is 42.4 Å². The van der Waals surface area contributed by atoms with E-state index in [4.69, 9.17) is 0 Å². The molecule has 142 valence electrons. The molecule has 1 atom stereocenters. The third-order valence-corrected chi connectivity index (χ3v) is 5.76. The summed E-state index contributed by atoms with van der Waals surface area (Å²) >= 11 is 0.895. The van der Waals surface area contributed by atoms with E-state index in [2.05, 4.69) is 5.32 Å². The molecule has 4 rings (SSSR count). The molecule has 0 bridgehead atoms. The second-order valence-electron chi connectivity index (χ2n) is 6.52. The number of aryl methyl sites for hydroxylation is 1. The molecule has 2 heterocycles. The fourth-order valence-corrected chi connectivity index (χ4v) is 4.18. The maximum Gasteiger partial charge on any atom is 0.290 e.